The molecular formula is C11H13F2N3O. The van der Waals surface area contributed by atoms with E-state index < -0.39 is 18.4 Å². The average molecular weight is 241 g/mol. The van der Waals surface area contributed by atoms with E-state index in [0.29, 0.717) is 18.7 Å². The fourth-order valence-electron chi connectivity index (χ4n) is 1.83. The molecule has 1 amide bonds. The number of amides is 1. The molecule has 92 valence electrons. The largest absolute Gasteiger partial charge is 0.397 e. The summed E-state index contributed by atoms with van der Waals surface area (Å²) < 4.78 is 26.3. The molecule has 4 nitrogen and oxygen atoms in total. The maximum atomic E-state index is 13.2. The first-order valence-corrected chi connectivity index (χ1v) is 5.37. The van der Waals surface area contributed by atoms with Crippen molar-refractivity contribution in [1.82, 2.24) is 9.88 Å². The number of hydrogen-bond acceptors (Lipinski definition) is 3. The van der Waals surface area contributed by atoms with Crippen molar-refractivity contribution in [3.63, 3.8) is 0 Å². The summed E-state index contributed by atoms with van der Waals surface area (Å²) in [6.45, 7) is -0.182. The Hall–Kier alpha value is -1.72. The molecule has 1 aliphatic rings. The van der Waals surface area contributed by atoms with Crippen molar-refractivity contribution in [3.05, 3.63) is 24.0 Å². The quantitative estimate of drug-likeness (QED) is 0.811. The minimum Gasteiger partial charge on any atom is -0.397 e. The lowest BCUT2D eigenvalue weighted by atomic mass is 10.1. The van der Waals surface area contributed by atoms with Crippen LogP contribution in [0.3, 0.4) is 0 Å². The van der Waals surface area contributed by atoms with Crippen LogP contribution in [0.25, 0.3) is 0 Å². The molecule has 0 aliphatic carbocycles. The molecule has 0 bridgehead atoms. The van der Waals surface area contributed by atoms with Gasteiger partial charge in [-0.15, -0.1) is 0 Å². The van der Waals surface area contributed by atoms with E-state index in [1.807, 2.05) is 0 Å². The summed E-state index contributed by atoms with van der Waals surface area (Å²) in [6, 6.07) is 2.98. The van der Waals surface area contributed by atoms with E-state index in [4.69, 9.17) is 5.73 Å². The van der Waals surface area contributed by atoms with E-state index in [2.05, 4.69) is 4.98 Å². The molecule has 1 aromatic rings. The maximum absolute atomic E-state index is 13.2. The van der Waals surface area contributed by atoms with Gasteiger partial charge in [-0.1, -0.05) is 0 Å². The van der Waals surface area contributed by atoms with Gasteiger partial charge in [-0.25, -0.2) is 13.8 Å². The molecule has 1 saturated heterocycles. The topological polar surface area (TPSA) is 59.2 Å². The van der Waals surface area contributed by atoms with E-state index >= 15 is 0 Å². The summed E-state index contributed by atoms with van der Waals surface area (Å²) in [4.78, 5) is 16.9. The van der Waals surface area contributed by atoms with Crippen LogP contribution in [0, 0.1) is 0 Å². The second-order valence-electron chi connectivity index (χ2n) is 4.16. The van der Waals surface area contributed by atoms with E-state index in [-0.39, 0.29) is 12.1 Å². The van der Waals surface area contributed by atoms with Gasteiger partial charge in [-0.05, 0) is 18.6 Å². The van der Waals surface area contributed by atoms with Crippen molar-refractivity contribution in [3.8, 4) is 0 Å². The highest BCUT2D eigenvalue weighted by atomic mass is 19.3. The highest BCUT2D eigenvalue weighted by Crippen LogP contribution is 2.27. The second kappa shape index (κ2) is 4.27. The number of carbonyl (C=O) groups is 1. The van der Waals surface area contributed by atoms with Crippen LogP contribution in [0.1, 0.15) is 23.3 Å². The SMILES string of the molecule is Nc1ccc(C(=O)N2CCCC(F)(F)C2)nc1. The van der Waals surface area contributed by atoms with Gasteiger partial charge in [0.25, 0.3) is 11.8 Å². The molecule has 1 aliphatic heterocycles. The van der Waals surface area contributed by atoms with Crippen LogP contribution >= 0.6 is 0 Å². The number of carbonyl (C=O) groups excluding carboxylic acids is 1. The number of anilines is 1. The standard InChI is InChI=1S/C11H13F2N3O/c12-11(13)4-1-5-16(7-11)10(17)9-3-2-8(14)6-15-9/h2-3,6H,1,4-5,7,14H2. The third kappa shape index (κ3) is 2.69. The maximum Gasteiger partial charge on any atom is 0.272 e. The number of halogens is 2. The lowest BCUT2D eigenvalue weighted by Crippen LogP contribution is -2.45. The summed E-state index contributed by atoms with van der Waals surface area (Å²) in [6.07, 6.45) is 1.50. The number of nitrogens with zero attached hydrogens (tertiary/aromatic N) is 2. The van der Waals surface area contributed by atoms with Gasteiger partial charge < -0.3 is 10.6 Å². The number of pyridine rings is 1. The number of hydrogen-bond donors (Lipinski definition) is 1. The molecule has 0 radical (unpaired) electrons. The van der Waals surface area contributed by atoms with Gasteiger partial charge in [0.2, 0.25) is 0 Å². The van der Waals surface area contributed by atoms with Gasteiger partial charge in [0.1, 0.15) is 5.69 Å². The summed E-state index contributed by atoms with van der Waals surface area (Å²) in [5.41, 5.74) is 6.03. The van der Waals surface area contributed by atoms with Gasteiger partial charge in [0, 0.05) is 13.0 Å². The zero-order chi connectivity index (χ0) is 12.5. The van der Waals surface area contributed by atoms with E-state index in [0.717, 1.165) is 4.90 Å². The number of piperidine rings is 1. The molecule has 2 N–H and O–H groups in total. The average Bonchev–Trinajstić information content (AvgIpc) is 2.28. The van der Waals surface area contributed by atoms with Crippen LogP contribution in [-0.4, -0.2) is 34.8 Å². The number of nitrogen functional groups attached to an aromatic ring is 1. The Morgan fingerprint density at radius 3 is 2.82 bits per heavy atom. The van der Waals surface area contributed by atoms with E-state index in [1.165, 1.54) is 18.3 Å². The predicted molar refractivity (Wildman–Crippen MR) is 58.7 cm³/mol. The normalized spacial score (nSPS) is 19.1. The first-order valence-electron chi connectivity index (χ1n) is 5.37. The van der Waals surface area contributed by atoms with Crippen molar-refractivity contribution < 1.29 is 13.6 Å². The minimum atomic E-state index is -2.79. The van der Waals surface area contributed by atoms with E-state index in [9.17, 15) is 13.6 Å². The Balaban J connectivity index is 2.12. The molecule has 6 heteroatoms. The van der Waals surface area contributed by atoms with E-state index in [1.54, 1.807) is 0 Å². The molecule has 0 unspecified atom stereocenters. The Morgan fingerprint density at radius 1 is 1.47 bits per heavy atom. The molecule has 2 rings (SSSR count). The van der Waals surface area contributed by atoms with Gasteiger partial charge in [-0.2, -0.15) is 0 Å². The number of nitrogens with two attached hydrogens (primary N) is 1. The van der Waals surface area contributed by atoms with Gasteiger partial charge in [-0.3, -0.25) is 4.79 Å². The molecule has 17 heavy (non-hydrogen) atoms. The molecule has 0 saturated carbocycles. The van der Waals surface area contributed by atoms with Crippen molar-refractivity contribution in [1.29, 1.82) is 0 Å². The summed E-state index contributed by atoms with van der Waals surface area (Å²) >= 11 is 0. The molecule has 1 fully saturated rings. The Labute approximate surface area is 97.4 Å². The third-order valence-corrected chi connectivity index (χ3v) is 2.69. The fourth-order valence-corrected chi connectivity index (χ4v) is 1.83. The first-order chi connectivity index (χ1) is 7.98. The predicted octanol–water partition coefficient (Wildman–Crippen LogP) is 1.54. The lowest BCUT2D eigenvalue weighted by Gasteiger charge is -2.32. The smallest absolute Gasteiger partial charge is 0.272 e. The molecule has 0 atom stereocenters. The van der Waals surface area contributed by atoms with Crippen LogP contribution in [0.2, 0.25) is 0 Å². The Kier molecular flexibility index (Phi) is 2.95. The summed E-state index contributed by atoms with van der Waals surface area (Å²) in [5, 5.41) is 0. The molecular weight excluding hydrogens is 228 g/mol. The number of alkyl halides is 2. The molecule has 1 aromatic heterocycles. The van der Waals surface area contributed by atoms with Crippen LogP contribution in [0.5, 0.6) is 0 Å². The van der Waals surface area contributed by atoms with Crippen molar-refractivity contribution in [2.45, 2.75) is 18.8 Å². The van der Waals surface area contributed by atoms with Gasteiger partial charge >= 0.3 is 0 Å². The van der Waals surface area contributed by atoms with Gasteiger partial charge in [0.15, 0.2) is 0 Å². The van der Waals surface area contributed by atoms with Gasteiger partial charge in [0.05, 0.1) is 18.4 Å². The Bertz CT molecular complexity index is 419. The van der Waals surface area contributed by atoms with Crippen molar-refractivity contribution >= 4 is 11.6 Å². The van der Waals surface area contributed by atoms with Crippen molar-refractivity contribution in [2.75, 3.05) is 18.8 Å². The molecule has 0 aromatic carbocycles. The lowest BCUT2D eigenvalue weighted by molar-refractivity contribution is -0.0561. The monoisotopic (exact) mass is 241 g/mol. The van der Waals surface area contributed by atoms with Crippen LogP contribution in [0.15, 0.2) is 18.3 Å². The highest BCUT2D eigenvalue weighted by Gasteiger charge is 2.37. The summed E-state index contributed by atoms with van der Waals surface area (Å²) in [7, 11) is 0. The molecule has 2 heterocycles. The Morgan fingerprint density at radius 2 is 2.24 bits per heavy atom. The first kappa shape index (κ1) is 11.8. The van der Waals surface area contributed by atoms with Crippen molar-refractivity contribution in [2.24, 2.45) is 0 Å². The molecule has 0 spiro atoms. The zero-order valence-corrected chi connectivity index (χ0v) is 9.20. The number of likely N-dealkylation sites (tertiary alicyclic amines) is 1. The third-order valence-electron chi connectivity index (χ3n) is 2.69. The number of aromatic nitrogens is 1. The minimum absolute atomic E-state index is 0.150. The highest BCUT2D eigenvalue weighted by molar-refractivity contribution is 5.92. The zero-order valence-electron chi connectivity index (χ0n) is 9.20. The fraction of sp³-hybridized carbons (Fsp3) is 0.455. The van der Waals surface area contributed by atoms with Crippen LogP contribution in [0.4, 0.5) is 14.5 Å². The summed E-state index contributed by atoms with van der Waals surface area (Å²) in [5.74, 6) is -3.26. The van der Waals surface area contributed by atoms with Crippen LogP contribution < -0.4 is 5.73 Å². The second-order valence-corrected chi connectivity index (χ2v) is 4.16. The van der Waals surface area contributed by atoms with Crippen LogP contribution in [-0.2, 0) is 0 Å². The number of rotatable bonds is 1.